The van der Waals surface area contributed by atoms with Gasteiger partial charge in [-0.1, -0.05) is 78.3 Å². The van der Waals surface area contributed by atoms with Crippen LogP contribution in [0.2, 0.25) is 5.02 Å². The van der Waals surface area contributed by atoms with Crippen molar-refractivity contribution in [3.05, 3.63) is 101 Å². The van der Waals surface area contributed by atoms with Gasteiger partial charge in [0.1, 0.15) is 0 Å². The summed E-state index contributed by atoms with van der Waals surface area (Å²) in [4.78, 5) is 0. The van der Waals surface area contributed by atoms with Crippen molar-refractivity contribution in [1.82, 2.24) is 0 Å². The molecule has 23 heavy (non-hydrogen) atoms. The highest BCUT2D eigenvalue weighted by Gasteiger charge is 2.05. The van der Waals surface area contributed by atoms with E-state index in [1.807, 2.05) is 77.8 Å². The fourth-order valence-corrected chi connectivity index (χ4v) is 2.45. The molecule has 3 aromatic rings. The molecule has 0 aliphatic rings. The monoisotopic (exact) mass is 320 g/mol. The average molecular weight is 321 g/mol. The van der Waals surface area contributed by atoms with Gasteiger partial charge >= 0.3 is 0 Å². The molecule has 0 amide bonds. The Hall–Kier alpha value is -2.58. The minimum atomic E-state index is 0.698. The lowest BCUT2D eigenvalue weighted by molar-refractivity contribution is 0.858. The van der Waals surface area contributed by atoms with Crippen molar-refractivity contribution in [2.45, 2.75) is 6.54 Å². The van der Waals surface area contributed by atoms with Gasteiger partial charge in [0.05, 0.1) is 18.4 Å². The number of hydrazone groups is 1. The minimum absolute atomic E-state index is 0.698. The van der Waals surface area contributed by atoms with E-state index in [2.05, 4.69) is 17.2 Å². The summed E-state index contributed by atoms with van der Waals surface area (Å²) >= 11 is 6.20. The standard InChI is InChI=1S/C20H17ClN2/c21-20-14-8-7-11-18(20)15-22-23(19-12-5-2-6-13-19)16-17-9-3-1-4-10-17/h1-15H,16H2. The topological polar surface area (TPSA) is 15.6 Å². The van der Waals surface area contributed by atoms with Crippen molar-refractivity contribution in [1.29, 1.82) is 0 Å². The van der Waals surface area contributed by atoms with E-state index >= 15 is 0 Å². The molecule has 0 saturated heterocycles. The summed E-state index contributed by atoms with van der Waals surface area (Å²) in [5.74, 6) is 0. The first-order valence-corrected chi connectivity index (χ1v) is 7.86. The SMILES string of the molecule is Clc1ccccc1C=NN(Cc1ccccc1)c1ccccc1. The number of rotatable bonds is 5. The maximum absolute atomic E-state index is 6.20. The van der Waals surface area contributed by atoms with Crippen LogP contribution in [0, 0.1) is 0 Å². The molecule has 3 heteroatoms. The molecule has 3 aromatic carbocycles. The van der Waals surface area contributed by atoms with E-state index in [-0.39, 0.29) is 0 Å². The maximum Gasteiger partial charge on any atom is 0.0666 e. The highest BCUT2D eigenvalue weighted by molar-refractivity contribution is 6.33. The maximum atomic E-state index is 6.20. The summed E-state index contributed by atoms with van der Waals surface area (Å²) in [7, 11) is 0. The summed E-state index contributed by atoms with van der Waals surface area (Å²) in [5, 5.41) is 7.31. The van der Waals surface area contributed by atoms with Crippen LogP contribution in [0.3, 0.4) is 0 Å². The Balaban J connectivity index is 1.88. The van der Waals surface area contributed by atoms with Crippen LogP contribution in [0.15, 0.2) is 90.0 Å². The molecular formula is C20H17ClN2. The first-order valence-electron chi connectivity index (χ1n) is 7.48. The smallest absolute Gasteiger partial charge is 0.0666 e. The van der Waals surface area contributed by atoms with Crippen LogP contribution >= 0.6 is 11.6 Å². The van der Waals surface area contributed by atoms with E-state index in [0.29, 0.717) is 11.6 Å². The molecule has 0 N–H and O–H groups in total. The Morgan fingerprint density at radius 1 is 0.783 bits per heavy atom. The lowest BCUT2D eigenvalue weighted by Gasteiger charge is -2.19. The third kappa shape index (κ3) is 4.21. The van der Waals surface area contributed by atoms with Gasteiger partial charge in [-0.25, -0.2) is 0 Å². The average Bonchev–Trinajstić information content (AvgIpc) is 2.61. The summed E-state index contributed by atoms with van der Waals surface area (Å²) in [6.45, 7) is 0.700. The molecule has 0 aliphatic carbocycles. The largest absolute Gasteiger partial charge is 0.261 e. The molecule has 0 aliphatic heterocycles. The van der Waals surface area contributed by atoms with Crippen molar-refractivity contribution in [2.24, 2.45) is 5.10 Å². The third-order valence-corrected chi connectivity index (χ3v) is 3.82. The molecule has 3 rings (SSSR count). The summed E-state index contributed by atoms with van der Waals surface area (Å²) in [5.41, 5.74) is 3.15. The molecule has 0 spiro atoms. The van der Waals surface area contributed by atoms with Crippen molar-refractivity contribution in [3.8, 4) is 0 Å². The summed E-state index contributed by atoms with van der Waals surface area (Å²) in [6, 6.07) is 28.1. The number of hydrogen-bond donors (Lipinski definition) is 0. The number of halogens is 1. The van der Waals surface area contributed by atoms with E-state index in [1.165, 1.54) is 5.56 Å². The van der Waals surface area contributed by atoms with Gasteiger partial charge in [0.2, 0.25) is 0 Å². The molecule has 0 unspecified atom stereocenters. The predicted molar refractivity (Wildman–Crippen MR) is 98.1 cm³/mol. The number of hydrogen-bond acceptors (Lipinski definition) is 2. The van der Waals surface area contributed by atoms with Crippen molar-refractivity contribution in [2.75, 3.05) is 5.01 Å². The lowest BCUT2D eigenvalue weighted by atomic mass is 10.2. The molecular weight excluding hydrogens is 304 g/mol. The molecule has 0 bridgehead atoms. The van der Waals surface area contributed by atoms with Crippen molar-refractivity contribution < 1.29 is 0 Å². The van der Waals surface area contributed by atoms with Gasteiger partial charge in [-0.05, 0) is 23.8 Å². The van der Waals surface area contributed by atoms with Crippen molar-refractivity contribution >= 4 is 23.5 Å². The first-order chi connectivity index (χ1) is 11.3. The molecule has 114 valence electrons. The highest BCUT2D eigenvalue weighted by Crippen LogP contribution is 2.18. The zero-order valence-electron chi connectivity index (χ0n) is 12.6. The van der Waals surface area contributed by atoms with Crippen LogP contribution in [0.25, 0.3) is 0 Å². The van der Waals surface area contributed by atoms with E-state index in [9.17, 15) is 0 Å². The third-order valence-electron chi connectivity index (χ3n) is 3.47. The van der Waals surface area contributed by atoms with Gasteiger partial charge in [-0.2, -0.15) is 5.10 Å². The number of para-hydroxylation sites is 1. The summed E-state index contributed by atoms with van der Waals surface area (Å²) < 4.78 is 0. The quantitative estimate of drug-likeness (QED) is 0.455. The second-order valence-electron chi connectivity index (χ2n) is 5.14. The molecule has 2 nitrogen and oxygen atoms in total. The zero-order valence-corrected chi connectivity index (χ0v) is 13.4. The fraction of sp³-hybridized carbons (Fsp3) is 0.0500. The van der Waals surface area contributed by atoms with Crippen LogP contribution in [-0.2, 0) is 6.54 Å². The van der Waals surface area contributed by atoms with Gasteiger partial charge in [0, 0.05) is 10.6 Å². The van der Waals surface area contributed by atoms with E-state index < -0.39 is 0 Å². The molecule has 0 saturated carbocycles. The van der Waals surface area contributed by atoms with Crippen LogP contribution < -0.4 is 5.01 Å². The second-order valence-corrected chi connectivity index (χ2v) is 5.55. The minimum Gasteiger partial charge on any atom is -0.261 e. The predicted octanol–water partition coefficient (Wildman–Crippen LogP) is 5.38. The van der Waals surface area contributed by atoms with Crippen LogP contribution in [0.4, 0.5) is 5.69 Å². The molecule has 0 aromatic heterocycles. The van der Waals surface area contributed by atoms with Gasteiger partial charge in [0.25, 0.3) is 0 Å². The van der Waals surface area contributed by atoms with Gasteiger partial charge < -0.3 is 0 Å². The number of benzene rings is 3. The highest BCUT2D eigenvalue weighted by atomic mass is 35.5. The van der Waals surface area contributed by atoms with E-state index in [1.54, 1.807) is 6.21 Å². The molecule has 0 heterocycles. The number of anilines is 1. The lowest BCUT2D eigenvalue weighted by Crippen LogP contribution is -2.16. The second kappa shape index (κ2) is 7.61. The van der Waals surface area contributed by atoms with E-state index in [0.717, 1.165) is 11.3 Å². The number of nitrogens with zero attached hydrogens (tertiary/aromatic N) is 2. The van der Waals surface area contributed by atoms with Crippen molar-refractivity contribution in [3.63, 3.8) is 0 Å². The zero-order chi connectivity index (χ0) is 15.9. The van der Waals surface area contributed by atoms with E-state index in [4.69, 9.17) is 11.6 Å². The Kier molecular flexibility index (Phi) is 5.07. The van der Waals surface area contributed by atoms with Crippen LogP contribution in [0.1, 0.15) is 11.1 Å². The summed E-state index contributed by atoms with van der Waals surface area (Å²) in [6.07, 6.45) is 1.80. The van der Waals surface area contributed by atoms with Crippen LogP contribution in [-0.4, -0.2) is 6.21 Å². The Morgan fingerprint density at radius 2 is 1.39 bits per heavy atom. The fourth-order valence-electron chi connectivity index (χ4n) is 2.27. The Morgan fingerprint density at radius 3 is 2.09 bits per heavy atom. The van der Waals surface area contributed by atoms with Gasteiger partial charge in [-0.3, -0.25) is 5.01 Å². The normalized spacial score (nSPS) is 10.8. The van der Waals surface area contributed by atoms with Crippen LogP contribution in [0.5, 0.6) is 0 Å². The first kappa shape index (κ1) is 15.3. The van der Waals surface area contributed by atoms with Gasteiger partial charge in [-0.15, -0.1) is 0 Å². The molecule has 0 atom stereocenters. The molecule has 0 fully saturated rings. The Labute approximate surface area is 141 Å². The van der Waals surface area contributed by atoms with Gasteiger partial charge in [0.15, 0.2) is 0 Å². The molecule has 0 radical (unpaired) electrons. The Bertz CT molecular complexity index is 770.